The molecule has 3 fully saturated rings. The van der Waals surface area contributed by atoms with Crippen LogP contribution in [0, 0.1) is 0 Å². The van der Waals surface area contributed by atoms with E-state index in [-0.39, 0.29) is 13.2 Å². The lowest BCUT2D eigenvalue weighted by molar-refractivity contribution is -0.290. The van der Waals surface area contributed by atoms with E-state index in [0.29, 0.717) is 5.56 Å². The van der Waals surface area contributed by atoms with Crippen molar-refractivity contribution < 1.29 is 45.8 Å². The number of benzene rings is 1. The molecule has 0 spiro atoms. The first kappa shape index (κ1) is 23.4. The molecule has 12 heteroatoms. The molecular formula is C20H27NO10S. The number of rotatable bonds is 6. The fourth-order valence-electron chi connectivity index (χ4n) is 3.99. The van der Waals surface area contributed by atoms with Gasteiger partial charge in [0.1, 0.15) is 31.5 Å². The molecule has 0 aliphatic carbocycles. The summed E-state index contributed by atoms with van der Waals surface area (Å²) in [6, 6.07) is 8.82. The van der Waals surface area contributed by atoms with E-state index in [1.807, 2.05) is 6.07 Å². The molecule has 3 aliphatic rings. The minimum atomic E-state index is -4.52. The Hall–Kier alpha value is -1.80. The van der Waals surface area contributed by atoms with E-state index in [0.717, 1.165) is 0 Å². The van der Waals surface area contributed by atoms with Crippen molar-refractivity contribution in [1.82, 2.24) is 4.72 Å². The number of hydrogen-bond acceptors (Lipinski definition) is 10. The van der Waals surface area contributed by atoms with E-state index in [9.17, 15) is 13.2 Å². The van der Waals surface area contributed by atoms with Crippen LogP contribution in [0.15, 0.2) is 30.3 Å². The Balaban J connectivity index is 1.39. The standard InChI is InChI=1S/C20H27NO10S/c1-18(2)28-14-11-26-20(16(15(14)29-18)30-19(3,4)31-20)12-27-32(23,24)21-17(22)25-10-13-8-6-5-7-9-13/h5-9,14-16H,10-12H2,1-4H3,(H,21,22)/t14-,15?,16?,20+/m1/s1. The molecule has 0 radical (unpaired) electrons. The Morgan fingerprint density at radius 1 is 1.09 bits per heavy atom. The average Bonchev–Trinajstić information content (AvgIpc) is 3.17. The number of fused-ring (bicyclic) bond motifs is 3. The Kier molecular flexibility index (Phi) is 5.99. The van der Waals surface area contributed by atoms with Gasteiger partial charge in [-0.15, -0.1) is 0 Å². The summed E-state index contributed by atoms with van der Waals surface area (Å²) in [6.07, 6.45) is -2.97. The number of carbonyl (C=O) groups is 1. The van der Waals surface area contributed by atoms with Crippen LogP contribution in [0.5, 0.6) is 0 Å². The van der Waals surface area contributed by atoms with Crippen molar-refractivity contribution in [3.05, 3.63) is 35.9 Å². The highest BCUT2D eigenvalue weighted by Crippen LogP contribution is 2.47. The molecule has 0 aromatic heterocycles. The zero-order valence-corrected chi connectivity index (χ0v) is 19.0. The largest absolute Gasteiger partial charge is 0.444 e. The summed E-state index contributed by atoms with van der Waals surface area (Å²) < 4.78 is 65.8. The summed E-state index contributed by atoms with van der Waals surface area (Å²) in [5, 5.41) is 0. The number of carbonyl (C=O) groups excluding carboxylic acids is 1. The minimum absolute atomic E-state index is 0.0833. The van der Waals surface area contributed by atoms with Crippen LogP contribution in [0.2, 0.25) is 0 Å². The van der Waals surface area contributed by atoms with E-state index < -0.39 is 58.7 Å². The lowest BCUT2D eigenvalue weighted by Gasteiger charge is -2.40. The van der Waals surface area contributed by atoms with Crippen LogP contribution in [0.25, 0.3) is 0 Å². The second kappa shape index (κ2) is 8.20. The van der Waals surface area contributed by atoms with Crippen LogP contribution in [0.1, 0.15) is 33.3 Å². The predicted molar refractivity (Wildman–Crippen MR) is 107 cm³/mol. The second-order valence-corrected chi connectivity index (χ2v) is 10.0. The van der Waals surface area contributed by atoms with Gasteiger partial charge in [0, 0.05) is 0 Å². The molecular weight excluding hydrogens is 446 g/mol. The molecule has 3 saturated heterocycles. The average molecular weight is 474 g/mol. The van der Waals surface area contributed by atoms with Crippen LogP contribution >= 0.6 is 0 Å². The topological polar surface area (TPSA) is 128 Å². The van der Waals surface area contributed by atoms with Gasteiger partial charge in [0.25, 0.3) is 0 Å². The molecule has 1 aromatic rings. The van der Waals surface area contributed by atoms with Gasteiger partial charge in [-0.05, 0) is 33.3 Å². The quantitative estimate of drug-likeness (QED) is 0.650. The van der Waals surface area contributed by atoms with Crippen LogP contribution in [0.4, 0.5) is 4.79 Å². The van der Waals surface area contributed by atoms with Crippen molar-refractivity contribution >= 4 is 16.4 Å². The molecule has 3 aliphatic heterocycles. The van der Waals surface area contributed by atoms with Crippen LogP contribution in [-0.2, 0) is 49.5 Å². The zero-order valence-electron chi connectivity index (χ0n) is 18.2. The minimum Gasteiger partial charge on any atom is -0.444 e. The molecule has 4 rings (SSSR count). The van der Waals surface area contributed by atoms with Crippen molar-refractivity contribution in [2.75, 3.05) is 13.2 Å². The summed E-state index contributed by atoms with van der Waals surface area (Å²) in [5.41, 5.74) is 0.702. The summed E-state index contributed by atoms with van der Waals surface area (Å²) in [7, 11) is -4.52. The van der Waals surface area contributed by atoms with Crippen LogP contribution < -0.4 is 4.72 Å². The molecule has 32 heavy (non-hydrogen) atoms. The van der Waals surface area contributed by atoms with Gasteiger partial charge in [-0.1, -0.05) is 30.3 Å². The Morgan fingerprint density at radius 2 is 1.81 bits per heavy atom. The van der Waals surface area contributed by atoms with Gasteiger partial charge < -0.3 is 28.4 Å². The van der Waals surface area contributed by atoms with Crippen molar-refractivity contribution in [2.45, 2.75) is 70.0 Å². The van der Waals surface area contributed by atoms with Gasteiger partial charge >= 0.3 is 16.4 Å². The molecule has 1 N–H and O–H groups in total. The smallest absolute Gasteiger partial charge is 0.423 e. The summed E-state index contributed by atoms with van der Waals surface area (Å²) in [4.78, 5) is 11.9. The van der Waals surface area contributed by atoms with Gasteiger partial charge in [0.15, 0.2) is 11.6 Å². The maximum absolute atomic E-state index is 12.3. The highest BCUT2D eigenvalue weighted by Gasteiger charge is 2.65. The molecule has 4 atom stereocenters. The number of hydrogen-bond donors (Lipinski definition) is 1. The van der Waals surface area contributed by atoms with Crippen LogP contribution in [-0.4, -0.2) is 63.4 Å². The van der Waals surface area contributed by atoms with E-state index in [4.69, 9.17) is 32.6 Å². The first-order valence-corrected chi connectivity index (χ1v) is 11.5. The third kappa shape index (κ3) is 5.06. The monoisotopic (exact) mass is 473 g/mol. The summed E-state index contributed by atoms with van der Waals surface area (Å²) >= 11 is 0. The van der Waals surface area contributed by atoms with E-state index in [1.165, 1.54) is 0 Å². The first-order valence-electron chi connectivity index (χ1n) is 10.1. The molecule has 1 aromatic carbocycles. The molecule has 1 amide bonds. The Morgan fingerprint density at radius 3 is 2.53 bits per heavy atom. The zero-order chi connectivity index (χ0) is 23.2. The molecule has 178 valence electrons. The van der Waals surface area contributed by atoms with E-state index in [2.05, 4.69) is 0 Å². The van der Waals surface area contributed by atoms with Gasteiger partial charge in [0.05, 0.1) is 6.61 Å². The lowest BCUT2D eigenvalue weighted by atomic mass is 9.98. The normalized spacial score (nSPS) is 32.7. The molecule has 2 unspecified atom stereocenters. The first-order chi connectivity index (χ1) is 14.9. The van der Waals surface area contributed by atoms with Crippen molar-refractivity contribution in [2.24, 2.45) is 0 Å². The summed E-state index contributed by atoms with van der Waals surface area (Å²) in [6.45, 7) is 6.27. The number of ether oxygens (including phenoxy) is 6. The highest BCUT2D eigenvalue weighted by molar-refractivity contribution is 7.85. The van der Waals surface area contributed by atoms with E-state index in [1.54, 1.807) is 56.7 Å². The lowest BCUT2D eigenvalue weighted by Crippen LogP contribution is -2.60. The fraction of sp³-hybridized carbons (Fsp3) is 0.650. The van der Waals surface area contributed by atoms with Gasteiger partial charge in [-0.2, -0.15) is 13.1 Å². The van der Waals surface area contributed by atoms with Gasteiger partial charge in [0.2, 0.25) is 5.79 Å². The maximum atomic E-state index is 12.3. The summed E-state index contributed by atoms with van der Waals surface area (Å²) in [5.74, 6) is -3.52. The molecule has 0 saturated carbocycles. The predicted octanol–water partition coefficient (Wildman–Crippen LogP) is 1.57. The van der Waals surface area contributed by atoms with E-state index >= 15 is 0 Å². The third-order valence-electron chi connectivity index (χ3n) is 5.11. The number of amides is 1. The molecule has 0 bridgehead atoms. The number of nitrogens with one attached hydrogen (secondary N) is 1. The van der Waals surface area contributed by atoms with Crippen LogP contribution in [0.3, 0.4) is 0 Å². The van der Waals surface area contributed by atoms with Crippen molar-refractivity contribution in [3.8, 4) is 0 Å². The molecule has 3 heterocycles. The highest BCUT2D eigenvalue weighted by atomic mass is 32.2. The Bertz CT molecular complexity index is 950. The Labute approximate surface area is 186 Å². The maximum Gasteiger partial charge on any atom is 0.423 e. The van der Waals surface area contributed by atoms with Crippen molar-refractivity contribution in [1.29, 1.82) is 0 Å². The van der Waals surface area contributed by atoms with Gasteiger partial charge in [-0.25, -0.2) is 8.98 Å². The SMILES string of the molecule is CC1(C)OC2C3OC(C)(C)O[C@]3(COS(=O)(=O)NC(=O)OCc3ccccc3)OC[C@H]2O1. The van der Waals surface area contributed by atoms with Gasteiger partial charge in [-0.3, -0.25) is 0 Å². The van der Waals surface area contributed by atoms with Crippen molar-refractivity contribution in [3.63, 3.8) is 0 Å². The molecule has 11 nitrogen and oxygen atoms in total. The second-order valence-electron chi connectivity index (χ2n) is 8.68. The third-order valence-corrected chi connectivity index (χ3v) is 5.96. The fourth-order valence-corrected chi connectivity index (χ4v) is 4.63.